The number of halogens is 1. The minimum absolute atomic E-state index is 0.491. The van der Waals surface area contributed by atoms with Crippen molar-refractivity contribution in [1.29, 1.82) is 0 Å². The number of nitrogens with zero attached hydrogens (tertiary/aromatic N) is 2. The summed E-state index contributed by atoms with van der Waals surface area (Å²) >= 11 is 7.49. The van der Waals surface area contributed by atoms with Crippen LogP contribution >= 0.6 is 23.4 Å². The van der Waals surface area contributed by atoms with E-state index in [1.807, 2.05) is 24.3 Å². The van der Waals surface area contributed by atoms with E-state index >= 15 is 0 Å². The molecule has 0 bridgehead atoms. The smallest absolute Gasteiger partial charge is 0.116 e. The van der Waals surface area contributed by atoms with Crippen LogP contribution in [0, 0.1) is 0 Å². The van der Waals surface area contributed by atoms with E-state index in [0.29, 0.717) is 11.6 Å². The molecule has 0 unspecified atom stereocenters. The largest absolute Gasteiger partial charge is 0.326 e. The van der Waals surface area contributed by atoms with Crippen LogP contribution in [0.5, 0.6) is 0 Å². The molecular formula is C11H10ClN3S. The fourth-order valence-corrected chi connectivity index (χ4v) is 2.40. The molecule has 0 aliphatic heterocycles. The Morgan fingerprint density at radius 2 is 2.19 bits per heavy atom. The van der Waals surface area contributed by atoms with Gasteiger partial charge < -0.3 is 5.73 Å². The Bertz CT molecular complexity index is 476. The lowest BCUT2D eigenvalue weighted by molar-refractivity contribution is 1.01. The van der Waals surface area contributed by atoms with Crippen molar-refractivity contribution < 1.29 is 0 Å². The lowest BCUT2D eigenvalue weighted by Crippen LogP contribution is -1.98. The van der Waals surface area contributed by atoms with Crippen molar-refractivity contribution >= 4 is 23.4 Å². The van der Waals surface area contributed by atoms with Crippen molar-refractivity contribution in [2.75, 3.05) is 0 Å². The summed E-state index contributed by atoms with van der Waals surface area (Å²) in [7, 11) is 0. The van der Waals surface area contributed by atoms with E-state index in [1.165, 1.54) is 18.1 Å². The maximum atomic E-state index is 5.95. The van der Waals surface area contributed by atoms with Gasteiger partial charge in [-0.1, -0.05) is 29.4 Å². The highest BCUT2D eigenvalue weighted by Crippen LogP contribution is 2.30. The number of rotatable bonds is 3. The molecule has 5 heteroatoms. The van der Waals surface area contributed by atoms with Crippen molar-refractivity contribution in [1.82, 2.24) is 9.97 Å². The quantitative estimate of drug-likeness (QED) is 0.853. The predicted octanol–water partition coefficient (Wildman–Crippen LogP) is 2.74. The van der Waals surface area contributed by atoms with E-state index in [9.17, 15) is 0 Å². The van der Waals surface area contributed by atoms with E-state index in [2.05, 4.69) is 9.97 Å². The molecule has 0 fully saturated rings. The second kappa shape index (κ2) is 5.30. The van der Waals surface area contributed by atoms with Crippen LogP contribution in [-0.2, 0) is 6.54 Å². The van der Waals surface area contributed by atoms with E-state index in [1.54, 1.807) is 6.20 Å². The topological polar surface area (TPSA) is 51.8 Å². The van der Waals surface area contributed by atoms with Gasteiger partial charge in [-0.05, 0) is 23.8 Å². The minimum atomic E-state index is 0.491. The zero-order valence-corrected chi connectivity index (χ0v) is 10.0. The fourth-order valence-electron chi connectivity index (χ4n) is 1.24. The Morgan fingerprint density at radius 1 is 1.31 bits per heavy atom. The molecule has 82 valence electrons. The Morgan fingerprint density at radius 3 is 2.88 bits per heavy atom. The molecule has 3 nitrogen and oxygen atoms in total. The monoisotopic (exact) mass is 251 g/mol. The average Bonchev–Trinajstić information content (AvgIpc) is 2.31. The Balaban J connectivity index is 2.30. The van der Waals surface area contributed by atoms with Gasteiger partial charge in [-0.2, -0.15) is 0 Å². The fraction of sp³-hybridized carbons (Fsp3) is 0.0909. The van der Waals surface area contributed by atoms with Crippen molar-refractivity contribution in [3.8, 4) is 0 Å². The molecule has 16 heavy (non-hydrogen) atoms. The van der Waals surface area contributed by atoms with Crippen LogP contribution in [0.4, 0.5) is 0 Å². The van der Waals surface area contributed by atoms with Gasteiger partial charge in [-0.15, -0.1) is 0 Å². The molecule has 0 atom stereocenters. The number of benzene rings is 1. The first-order valence-electron chi connectivity index (χ1n) is 4.72. The second-order valence-corrected chi connectivity index (χ2v) is 4.60. The molecule has 1 heterocycles. The standard InChI is InChI=1S/C11H10ClN3S/c12-9-2-1-8(6-13)10(5-9)16-11-3-4-14-7-15-11/h1-5,7H,6,13H2. The molecule has 1 aromatic carbocycles. The maximum Gasteiger partial charge on any atom is 0.116 e. The van der Waals surface area contributed by atoms with Crippen molar-refractivity contribution in [3.63, 3.8) is 0 Å². The van der Waals surface area contributed by atoms with Crippen LogP contribution in [0.1, 0.15) is 5.56 Å². The summed E-state index contributed by atoms with van der Waals surface area (Å²) in [4.78, 5) is 9.05. The molecule has 0 saturated heterocycles. The van der Waals surface area contributed by atoms with Gasteiger partial charge in [0.05, 0.1) is 0 Å². The molecule has 2 N–H and O–H groups in total. The summed E-state index contributed by atoms with van der Waals surface area (Å²) in [6.07, 6.45) is 3.23. The summed E-state index contributed by atoms with van der Waals surface area (Å²) in [6, 6.07) is 7.53. The second-order valence-electron chi connectivity index (χ2n) is 3.11. The van der Waals surface area contributed by atoms with Crippen molar-refractivity contribution in [2.45, 2.75) is 16.5 Å². The molecule has 0 spiro atoms. The van der Waals surface area contributed by atoms with Crippen LogP contribution in [0.15, 0.2) is 46.7 Å². The van der Waals surface area contributed by atoms with Crippen LogP contribution in [0.3, 0.4) is 0 Å². The zero-order valence-electron chi connectivity index (χ0n) is 8.43. The first kappa shape index (κ1) is 11.4. The molecule has 2 aromatic rings. The molecule has 0 aliphatic carbocycles. The number of hydrogen-bond acceptors (Lipinski definition) is 4. The molecular weight excluding hydrogens is 242 g/mol. The molecule has 0 radical (unpaired) electrons. The van der Waals surface area contributed by atoms with Gasteiger partial charge in [0.2, 0.25) is 0 Å². The third-order valence-electron chi connectivity index (χ3n) is 2.02. The third-order valence-corrected chi connectivity index (χ3v) is 3.30. The summed E-state index contributed by atoms with van der Waals surface area (Å²) in [6.45, 7) is 0.491. The zero-order chi connectivity index (χ0) is 11.4. The Labute approximate surface area is 103 Å². The highest BCUT2D eigenvalue weighted by atomic mass is 35.5. The van der Waals surface area contributed by atoms with E-state index in [0.717, 1.165) is 15.5 Å². The van der Waals surface area contributed by atoms with E-state index in [-0.39, 0.29) is 0 Å². The molecule has 0 saturated carbocycles. The van der Waals surface area contributed by atoms with E-state index in [4.69, 9.17) is 17.3 Å². The normalized spacial score (nSPS) is 10.4. The highest BCUT2D eigenvalue weighted by Gasteiger charge is 2.04. The number of nitrogens with two attached hydrogens (primary N) is 1. The van der Waals surface area contributed by atoms with Gasteiger partial charge in [0.15, 0.2) is 0 Å². The number of aromatic nitrogens is 2. The van der Waals surface area contributed by atoms with Crippen molar-refractivity contribution in [3.05, 3.63) is 47.4 Å². The van der Waals surface area contributed by atoms with Gasteiger partial charge in [0, 0.05) is 22.7 Å². The molecule has 1 aromatic heterocycles. The summed E-state index contributed by atoms with van der Waals surface area (Å²) in [5.74, 6) is 0. The Kier molecular flexibility index (Phi) is 3.77. The highest BCUT2D eigenvalue weighted by molar-refractivity contribution is 7.99. The first-order valence-corrected chi connectivity index (χ1v) is 5.91. The van der Waals surface area contributed by atoms with Crippen LogP contribution < -0.4 is 5.73 Å². The Hall–Kier alpha value is -1.10. The van der Waals surface area contributed by atoms with E-state index < -0.39 is 0 Å². The van der Waals surface area contributed by atoms with Gasteiger partial charge in [-0.3, -0.25) is 0 Å². The van der Waals surface area contributed by atoms with Gasteiger partial charge >= 0.3 is 0 Å². The lowest BCUT2D eigenvalue weighted by Gasteiger charge is -2.06. The SMILES string of the molecule is NCc1ccc(Cl)cc1Sc1ccncn1. The van der Waals surface area contributed by atoms with Crippen molar-refractivity contribution in [2.24, 2.45) is 5.73 Å². The predicted molar refractivity (Wildman–Crippen MR) is 65.5 cm³/mol. The number of hydrogen-bond donors (Lipinski definition) is 1. The van der Waals surface area contributed by atoms with Gasteiger partial charge in [0.1, 0.15) is 11.4 Å². The minimum Gasteiger partial charge on any atom is -0.326 e. The molecule has 0 aliphatic rings. The van der Waals surface area contributed by atoms with Crippen LogP contribution in [-0.4, -0.2) is 9.97 Å². The van der Waals surface area contributed by atoms with Crippen LogP contribution in [0.25, 0.3) is 0 Å². The van der Waals surface area contributed by atoms with Crippen LogP contribution in [0.2, 0.25) is 5.02 Å². The molecule has 2 rings (SSSR count). The first-order chi connectivity index (χ1) is 7.79. The third kappa shape index (κ3) is 2.72. The summed E-state index contributed by atoms with van der Waals surface area (Å²) < 4.78 is 0. The summed E-state index contributed by atoms with van der Waals surface area (Å²) in [5.41, 5.74) is 6.73. The lowest BCUT2D eigenvalue weighted by atomic mass is 10.2. The average molecular weight is 252 g/mol. The molecule has 0 amide bonds. The summed E-state index contributed by atoms with van der Waals surface area (Å²) in [5, 5.41) is 1.58. The van der Waals surface area contributed by atoms with Gasteiger partial charge in [-0.25, -0.2) is 9.97 Å². The maximum absolute atomic E-state index is 5.95. The van der Waals surface area contributed by atoms with Gasteiger partial charge in [0.25, 0.3) is 0 Å².